The number of aliphatic hydroxyl groups excluding tert-OH is 8. The monoisotopic (exact) mass is 942 g/mol. The van der Waals surface area contributed by atoms with Gasteiger partial charge < -0.3 is 88.6 Å². The molecule has 4 aliphatic carbocycles. The normalized spacial score (nSPS) is 55.3. The van der Waals surface area contributed by atoms with Gasteiger partial charge in [-0.05, 0) is 94.5 Å². The largest absolute Gasteiger partial charge is 0.458 e. The van der Waals surface area contributed by atoms with E-state index in [1.165, 1.54) is 6.08 Å². The Kier molecular flexibility index (Phi) is 14.2. The van der Waals surface area contributed by atoms with Gasteiger partial charge in [0.05, 0.1) is 61.0 Å². The molecule has 4 saturated carbocycles. The summed E-state index contributed by atoms with van der Waals surface area (Å²) in [5.74, 6) is 0.0525. The SMILES string of the molecule is C[C@H]1O[C@@H](O[C@H]2CC[C@@]3(C)[C@H](CC[C@@H]4[C@@H]3CC[C@]3(C)[C@@H](C5=CC(=O)OC5)[C@@H](O)C[C@]43O)C2)C[C@H](O)[C@@H]1O[C@H]1C[C@H](O)[C@H](O[C@H]2C[C@H](O)[C@H](O[C@@H]3O[C@H](CO)[C@@H](O)[C@H](O)[C@H]3O)[C@@H](C)O2)[C@@H](C)O1. The molecule has 26 atom stereocenters. The van der Waals surface area contributed by atoms with E-state index in [4.69, 9.17) is 42.6 Å². The summed E-state index contributed by atoms with van der Waals surface area (Å²) in [4.78, 5) is 12.0. The predicted molar refractivity (Wildman–Crippen MR) is 225 cm³/mol. The summed E-state index contributed by atoms with van der Waals surface area (Å²) in [5, 5.41) is 97.9. The molecule has 5 aliphatic heterocycles. The second-order valence-electron chi connectivity index (χ2n) is 21.7. The Bertz CT molecular complexity index is 1720. The molecule has 0 bridgehead atoms. The highest BCUT2D eigenvalue weighted by molar-refractivity contribution is 5.85. The Morgan fingerprint density at radius 1 is 0.652 bits per heavy atom. The van der Waals surface area contributed by atoms with Gasteiger partial charge in [-0.25, -0.2) is 4.79 Å². The first-order chi connectivity index (χ1) is 31.2. The number of hydrogen-bond acceptors (Lipinski definition) is 19. The van der Waals surface area contributed by atoms with Crippen LogP contribution in [0.25, 0.3) is 0 Å². The second-order valence-corrected chi connectivity index (χ2v) is 21.7. The zero-order valence-electron chi connectivity index (χ0n) is 38.7. The lowest BCUT2D eigenvalue weighted by Crippen LogP contribution is -2.62. The van der Waals surface area contributed by atoms with Crippen molar-refractivity contribution in [3.05, 3.63) is 11.6 Å². The molecule has 4 saturated heterocycles. The number of ether oxygens (including phenoxy) is 9. The highest BCUT2D eigenvalue weighted by Gasteiger charge is 2.70. The van der Waals surface area contributed by atoms with Crippen molar-refractivity contribution in [2.24, 2.45) is 34.5 Å². The number of rotatable bonds is 10. The Morgan fingerprint density at radius 3 is 1.77 bits per heavy atom. The summed E-state index contributed by atoms with van der Waals surface area (Å²) >= 11 is 0. The van der Waals surface area contributed by atoms with Crippen LogP contribution >= 0.6 is 0 Å². The van der Waals surface area contributed by atoms with E-state index in [0.717, 1.165) is 50.5 Å². The maximum absolute atomic E-state index is 12.6. The van der Waals surface area contributed by atoms with E-state index in [1.807, 2.05) is 6.92 Å². The van der Waals surface area contributed by atoms with Gasteiger partial charge in [-0.3, -0.25) is 0 Å². The minimum Gasteiger partial charge on any atom is -0.458 e. The molecule has 5 heterocycles. The maximum atomic E-state index is 12.6. The van der Waals surface area contributed by atoms with Gasteiger partial charge in [-0.2, -0.15) is 0 Å². The molecule has 0 aromatic rings. The van der Waals surface area contributed by atoms with Gasteiger partial charge in [0.1, 0.15) is 49.3 Å². The third kappa shape index (κ3) is 8.75. The van der Waals surface area contributed by atoms with Crippen LogP contribution in [0.1, 0.15) is 105 Å². The molecule has 0 aromatic heterocycles. The number of aliphatic hydroxyl groups is 9. The first-order valence-corrected chi connectivity index (χ1v) is 24.4. The average molecular weight is 943 g/mol. The minimum absolute atomic E-state index is 0.000750. The molecule has 0 unspecified atom stereocenters. The van der Waals surface area contributed by atoms with E-state index in [9.17, 15) is 50.8 Å². The first kappa shape index (κ1) is 49.5. The molecule has 9 aliphatic rings. The second kappa shape index (κ2) is 18.9. The van der Waals surface area contributed by atoms with E-state index in [1.54, 1.807) is 13.8 Å². The standard InChI is InChI=1S/C47H74O19/c1-20-41(64-35-15-29(50)42(21(2)60-35)65-36-16-30(51)43(22(3)61-36)66-44-40(56)39(55)38(54)32(18-48)63-44)28(49)14-34(59-20)62-25-8-10-45(4)24(13-25)6-7-27-26(45)9-11-46(5)37(23-12-33(53)58-19-23)31(52)17-47(27,46)57/h12,20-22,24-32,34-44,48-52,54-57H,6-11,13-19H2,1-5H3/t20-,21-,22-,24-,25+,26+,27-,28+,29+,30+,31+,32-,34+,35+,36+,37+,38-,39+,40-,41-,42-,43-,44+,45+,46-,47+/m1/s1. The minimum atomic E-state index is -1.65. The highest BCUT2D eigenvalue weighted by Crippen LogP contribution is 2.70. The third-order valence-electron chi connectivity index (χ3n) is 17.9. The van der Waals surface area contributed by atoms with Gasteiger partial charge in [0.25, 0.3) is 0 Å². The number of carbonyl (C=O) groups is 1. The van der Waals surface area contributed by atoms with Crippen molar-refractivity contribution in [3.63, 3.8) is 0 Å². The van der Waals surface area contributed by atoms with E-state index < -0.39 is 128 Å². The average Bonchev–Trinajstić information content (AvgIpc) is 3.77. The molecular weight excluding hydrogens is 868 g/mol. The molecule has 9 rings (SSSR count). The Balaban J connectivity index is 0.735. The summed E-state index contributed by atoms with van der Waals surface area (Å²) in [6.07, 6.45) is -10.5. The van der Waals surface area contributed by atoms with Crippen molar-refractivity contribution in [1.82, 2.24) is 0 Å². The van der Waals surface area contributed by atoms with E-state index in [-0.39, 0.29) is 55.2 Å². The quantitative estimate of drug-likeness (QED) is 0.103. The fourth-order valence-electron chi connectivity index (χ4n) is 14.4. The van der Waals surface area contributed by atoms with Crippen LogP contribution in [-0.2, 0) is 47.4 Å². The first-order valence-electron chi connectivity index (χ1n) is 24.4. The van der Waals surface area contributed by atoms with Crippen LogP contribution in [0.5, 0.6) is 0 Å². The molecule has 0 amide bonds. The van der Waals surface area contributed by atoms with Gasteiger partial charge >= 0.3 is 5.97 Å². The van der Waals surface area contributed by atoms with Gasteiger partial charge in [0.15, 0.2) is 25.2 Å². The molecule has 0 aromatic carbocycles. The zero-order valence-corrected chi connectivity index (χ0v) is 38.7. The van der Waals surface area contributed by atoms with Crippen molar-refractivity contribution < 1.29 is 93.4 Å². The van der Waals surface area contributed by atoms with Crippen LogP contribution in [0.3, 0.4) is 0 Å². The fraction of sp³-hybridized carbons (Fsp3) is 0.936. The predicted octanol–water partition coefficient (Wildman–Crippen LogP) is 0.0423. The van der Waals surface area contributed by atoms with Crippen LogP contribution in [0.15, 0.2) is 11.6 Å². The molecule has 8 fully saturated rings. The molecule has 0 radical (unpaired) electrons. The van der Waals surface area contributed by atoms with Crippen molar-refractivity contribution in [2.75, 3.05) is 13.2 Å². The van der Waals surface area contributed by atoms with Gasteiger partial charge in [-0.1, -0.05) is 13.8 Å². The number of hydrogen-bond donors (Lipinski definition) is 9. The molecule has 19 heteroatoms. The summed E-state index contributed by atoms with van der Waals surface area (Å²) < 4.78 is 53.9. The van der Waals surface area contributed by atoms with E-state index in [2.05, 4.69) is 13.8 Å². The van der Waals surface area contributed by atoms with Crippen LogP contribution < -0.4 is 0 Å². The topological polar surface area (TPSA) is 282 Å². The third-order valence-corrected chi connectivity index (χ3v) is 17.9. The van der Waals surface area contributed by atoms with Crippen molar-refractivity contribution in [2.45, 2.75) is 228 Å². The van der Waals surface area contributed by atoms with Crippen LogP contribution in [0, 0.1) is 34.5 Å². The fourth-order valence-corrected chi connectivity index (χ4v) is 14.4. The van der Waals surface area contributed by atoms with Crippen LogP contribution in [0.2, 0.25) is 0 Å². The number of carbonyl (C=O) groups excluding carboxylic acids is 1. The number of esters is 1. The molecule has 66 heavy (non-hydrogen) atoms. The molecule has 376 valence electrons. The maximum Gasteiger partial charge on any atom is 0.331 e. The Hall–Kier alpha value is -1.47. The number of cyclic esters (lactones) is 1. The lowest BCUT2D eigenvalue weighted by molar-refractivity contribution is -0.355. The highest BCUT2D eigenvalue weighted by atomic mass is 16.8. The van der Waals surface area contributed by atoms with Gasteiger partial charge in [-0.15, -0.1) is 0 Å². The smallest absolute Gasteiger partial charge is 0.331 e. The summed E-state index contributed by atoms with van der Waals surface area (Å²) in [7, 11) is 0. The lowest BCUT2D eigenvalue weighted by Gasteiger charge is -2.63. The van der Waals surface area contributed by atoms with E-state index >= 15 is 0 Å². The van der Waals surface area contributed by atoms with Crippen LogP contribution in [-0.4, -0.2) is 187 Å². The van der Waals surface area contributed by atoms with Crippen molar-refractivity contribution in [1.29, 1.82) is 0 Å². The molecule has 9 N–H and O–H groups in total. The number of fused-ring (bicyclic) bond motifs is 5. The Labute approximate surface area is 385 Å². The van der Waals surface area contributed by atoms with Crippen molar-refractivity contribution >= 4 is 5.97 Å². The van der Waals surface area contributed by atoms with Gasteiger partial charge in [0.2, 0.25) is 0 Å². The molecule has 0 spiro atoms. The van der Waals surface area contributed by atoms with Crippen molar-refractivity contribution in [3.8, 4) is 0 Å². The molecule has 19 nitrogen and oxygen atoms in total. The summed E-state index contributed by atoms with van der Waals surface area (Å²) in [6.45, 7) is 9.20. The Morgan fingerprint density at radius 2 is 1.23 bits per heavy atom. The zero-order chi connectivity index (χ0) is 47.2. The van der Waals surface area contributed by atoms with Crippen LogP contribution in [0.4, 0.5) is 0 Å². The lowest BCUT2D eigenvalue weighted by atomic mass is 9.43. The summed E-state index contributed by atoms with van der Waals surface area (Å²) in [6, 6.07) is 0. The summed E-state index contributed by atoms with van der Waals surface area (Å²) in [5.41, 5.74) is -0.783. The van der Waals surface area contributed by atoms with E-state index in [0.29, 0.717) is 18.3 Å². The van der Waals surface area contributed by atoms with Gasteiger partial charge in [0, 0.05) is 43.1 Å². The molecular formula is C47H74O19.